The molecule has 1 fully saturated rings. The van der Waals surface area contributed by atoms with Crippen molar-refractivity contribution >= 4 is 15.7 Å². The number of anilines is 1. The molecule has 0 aliphatic carbocycles. The summed E-state index contributed by atoms with van der Waals surface area (Å²) in [5.41, 5.74) is 5.18. The van der Waals surface area contributed by atoms with Crippen LogP contribution in [0, 0.1) is 27.7 Å². The Kier molecular flexibility index (Phi) is 4.89. The van der Waals surface area contributed by atoms with Gasteiger partial charge in [0.15, 0.2) is 0 Å². The predicted molar refractivity (Wildman–Crippen MR) is 103 cm³/mol. The van der Waals surface area contributed by atoms with E-state index in [0.29, 0.717) is 31.1 Å². The molecule has 0 saturated carbocycles. The van der Waals surface area contributed by atoms with Crippen LogP contribution in [-0.2, 0) is 10.0 Å². The lowest BCUT2D eigenvalue weighted by Gasteiger charge is -2.36. The summed E-state index contributed by atoms with van der Waals surface area (Å²) in [6.07, 6.45) is 0. The van der Waals surface area contributed by atoms with Crippen LogP contribution in [0.5, 0.6) is 0 Å². The van der Waals surface area contributed by atoms with Gasteiger partial charge in [0, 0.05) is 31.9 Å². The third-order valence-electron chi connectivity index (χ3n) is 4.90. The predicted octanol–water partition coefficient (Wildman–Crippen LogP) is 3.43. The molecule has 5 heteroatoms. The Bertz CT molecular complexity index is 859. The second-order valence-electron chi connectivity index (χ2n) is 6.91. The summed E-state index contributed by atoms with van der Waals surface area (Å²) < 4.78 is 27.9. The number of hydrogen-bond acceptors (Lipinski definition) is 3. The molecule has 134 valence electrons. The van der Waals surface area contributed by atoms with Crippen molar-refractivity contribution in [1.29, 1.82) is 0 Å². The maximum Gasteiger partial charge on any atom is 0.243 e. The first kappa shape index (κ1) is 18.0. The van der Waals surface area contributed by atoms with Gasteiger partial charge in [0.05, 0.1) is 4.90 Å². The zero-order valence-electron chi connectivity index (χ0n) is 15.4. The lowest BCUT2D eigenvalue weighted by Crippen LogP contribution is -2.49. The zero-order chi connectivity index (χ0) is 18.2. The molecule has 2 aromatic rings. The van der Waals surface area contributed by atoms with Crippen molar-refractivity contribution in [3.63, 3.8) is 0 Å². The molecule has 1 aliphatic rings. The monoisotopic (exact) mass is 358 g/mol. The average molecular weight is 359 g/mol. The highest BCUT2D eigenvalue weighted by Gasteiger charge is 2.31. The van der Waals surface area contributed by atoms with Crippen molar-refractivity contribution in [3.05, 3.63) is 58.7 Å². The SMILES string of the molecule is Cc1cc(C)c(S(=O)(=O)N2CCN(c3ccccc3C)CC2)c(C)c1. The summed E-state index contributed by atoms with van der Waals surface area (Å²) in [6.45, 7) is 10.3. The van der Waals surface area contributed by atoms with Gasteiger partial charge in [-0.15, -0.1) is 0 Å². The number of sulfonamides is 1. The second kappa shape index (κ2) is 6.81. The van der Waals surface area contributed by atoms with Gasteiger partial charge in [-0.05, 0) is 50.5 Å². The number of nitrogens with zero attached hydrogens (tertiary/aromatic N) is 2. The van der Waals surface area contributed by atoms with Crippen LogP contribution in [0.3, 0.4) is 0 Å². The van der Waals surface area contributed by atoms with E-state index in [-0.39, 0.29) is 0 Å². The van der Waals surface area contributed by atoms with Gasteiger partial charge in [0.25, 0.3) is 0 Å². The minimum Gasteiger partial charge on any atom is -0.369 e. The summed E-state index contributed by atoms with van der Waals surface area (Å²) >= 11 is 0. The first-order chi connectivity index (χ1) is 11.8. The molecule has 4 nitrogen and oxygen atoms in total. The van der Waals surface area contributed by atoms with E-state index in [1.54, 1.807) is 4.31 Å². The van der Waals surface area contributed by atoms with E-state index >= 15 is 0 Å². The lowest BCUT2D eigenvalue weighted by molar-refractivity contribution is 0.384. The molecule has 0 radical (unpaired) electrons. The molecule has 0 bridgehead atoms. The van der Waals surface area contributed by atoms with Crippen molar-refractivity contribution in [2.24, 2.45) is 0 Å². The molecule has 0 spiro atoms. The molecular formula is C20H26N2O2S. The second-order valence-corrected chi connectivity index (χ2v) is 8.78. The van der Waals surface area contributed by atoms with E-state index in [0.717, 1.165) is 16.7 Å². The Morgan fingerprint density at radius 1 is 0.800 bits per heavy atom. The van der Waals surface area contributed by atoms with E-state index in [9.17, 15) is 8.42 Å². The quantitative estimate of drug-likeness (QED) is 0.844. The summed E-state index contributed by atoms with van der Waals surface area (Å²) in [4.78, 5) is 2.75. The van der Waals surface area contributed by atoms with E-state index < -0.39 is 10.0 Å². The number of aryl methyl sites for hydroxylation is 4. The van der Waals surface area contributed by atoms with Gasteiger partial charge in [0.2, 0.25) is 10.0 Å². The molecular weight excluding hydrogens is 332 g/mol. The van der Waals surface area contributed by atoms with Crippen molar-refractivity contribution < 1.29 is 8.42 Å². The molecule has 1 saturated heterocycles. The van der Waals surface area contributed by atoms with Gasteiger partial charge in [-0.1, -0.05) is 35.9 Å². The van der Waals surface area contributed by atoms with Crippen molar-refractivity contribution in [2.75, 3.05) is 31.1 Å². The molecule has 0 atom stereocenters. The van der Waals surface area contributed by atoms with Crippen molar-refractivity contribution in [2.45, 2.75) is 32.6 Å². The normalized spacial score (nSPS) is 16.2. The van der Waals surface area contributed by atoms with E-state index in [4.69, 9.17) is 0 Å². The molecule has 3 rings (SSSR count). The van der Waals surface area contributed by atoms with Crippen LogP contribution < -0.4 is 4.90 Å². The number of piperazine rings is 1. The Morgan fingerprint density at radius 3 is 1.92 bits per heavy atom. The number of rotatable bonds is 3. The van der Waals surface area contributed by atoms with E-state index in [1.165, 1.54) is 11.3 Å². The van der Waals surface area contributed by atoms with Gasteiger partial charge in [0.1, 0.15) is 0 Å². The minimum absolute atomic E-state index is 0.474. The van der Waals surface area contributed by atoms with Gasteiger partial charge in [-0.2, -0.15) is 4.31 Å². The molecule has 2 aromatic carbocycles. The highest BCUT2D eigenvalue weighted by atomic mass is 32.2. The third kappa shape index (κ3) is 3.44. The molecule has 1 heterocycles. The summed E-state index contributed by atoms with van der Waals surface area (Å²) in [5, 5.41) is 0. The lowest BCUT2D eigenvalue weighted by atomic mass is 10.1. The van der Waals surface area contributed by atoms with Crippen LogP contribution in [0.1, 0.15) is 22.3 Å². The smallest absolute Gasteiger partial charge is 0.243 e. The van der Waals surface area contributed by atoms with Crippen LogP contribution in [0.4, 0.5) is 5.69 Å². The third-order valence-corrected chi connectivity index (χ3v) is 7.10. The van der Waals surface area contributed by atoms with Gasteiger partial charge in [-0.25, -0.2) is 8.42 Å². The van der Waals surface area contributed by atoms with Gasteiger partial charge in [-0.3, -0.25) is 0 Å². The number of benzene rings is 2. The Balaban J connectivity index is 1.82. The average Bonchev–Trinajstić information content (AvgIpc) is 2.54. The first-order valence-corrected chi connectivity index (χ1v) is 10.1. The molecule has 0 amide bonds. The number of para-hydroxylation sites is 1. The van der Waals surface area contributed by atoms with Gasteiger partial charge >= 0.3 is 0 Å². The van der Waals surface area contributed by atoms with Gasteiger partial charge < -0.3 is 4.90 Å². The topological polar surface area (TPSA) is 40.6 Å². The van der Waals surface area contributed by atoms with E-state index in [2.05, 4.69) is 24.0 Å². The molecule has 0 unspecified atom stereocenters. The van der Waals surface area contributed by atoms with Crippen LogP contribution >= 0.6 is 0 Å². The Morgan fingerprint density at radius 2 is 1.36 bits per heavy atom. The highest BCUT2D eigenvalue weighted by molar-refractivity contribution is 7.89. The fourth-order valence-electron chi connectivity index (χ4n) is 3.79. The van der Waals surface area contributed by atoms with Crippen LogP contribution in [-0.4, -0.2) is 38.9 Å². The van der Waals surface area contributed by atoms with Crippen LogP contribution in [0.25, 0.3) is 0 Å². The molecule has 0 aromatic heterocycles. The number of hydrogen-bond donors (Lipinski definition) is 0. The van der Waals surface area contributed by atoms with Crippen molar-refractivity contribution in [1.82, 2.24) is 4.31 Å². The first-order valence-electron chi connectivity index (χ1n) is 8.69. The fraction of sp³-hybridized carbons (Fsp3) is 0.400. The van der Waals surface area contributed by atoms with Crippen LogP contribution in [0.15, 0.2) is 41.3 Å². The Labute approximate surface area is 151 Å². The maximum atomic E-state index is 13.2. The zero-order valence-corrected chi connectivity index (χ0v) is 16.2. The Hall–Kier alpha value is -1.85. The summed E-state index contributed by atoms with van der Waals surface area (Å²) in [7, 11) is -3.45. The molecule has 1 aliphatic heterocycles. The molecule has 0 N–H and O–H groups in total. The molecule has 25 heavy (non-hydrogen) atoms. The standard InChI is InChI=1S/C20H26N2O2S/c1-15-13-17(3)20(18(4)14-15)25(23,24)22-11-9-21(10-12-22)19-8-6-5-7-16(19)2/h5-8,13-14H,9-12H2,1-4H3. The minimum atomic E-state index is -3.45. The highest BCUT2D eigenvalue weighted by Crippen LogP contribution is 2.27. The van der Waals surface area contributed by atoms with E-state index in [1.807, 2.05) is 45.0 Å². The fourth-order valence-corrected chi connectivity index (χ4v) is 5.62. The summed E-state index contributed by atoms with van der Waals surface area (Å²) in [5.74, 6) is 0. The maximum absolute atomic E-state index is 13.2. The summed E-state index contributed by atoms with van der Waals surface area (Å²) in [6, 6.07) is 12.2. The van der Waals surface area contributed by atoms with Crippen LogP contribution in [0.2, 0.25) is 0 Å². The van der Waals surface area contributed by atoms with Crippen molar-refractivity contribution in [3.8, 4) is 0 Å². The largest absolute Gasteiger partial charge is 0.369 e.